The number of hydrogen-bond acceptors (Lipinski definition) is 6. The average molecular weight is 377 g/mol. The van der Waals surface area contributed by atoms with E-state index in [2.05, 4.69) is 25.1 Å². The molecule has 1 spiro atoms. The molecule has 0 N–H and O–H groups in total. The van der Waals surface area contributed by atoms with Gasteiger partial charge in [0, 0.05) is 35.5 Å². The van der Waals surface area contributed by atoms with Crippen molar-refractivity contribution in [2.24, 2.45) is 0 Å². The highest BCUT2D eigenvalue weighted by molar-refractivity contribution is 7.09. The molecule has 1 unspecified atom stereocenters. The summed E-state index contributed by atoms with van der Waals surface area (Å²) in [6.07, 6.45) is 6.89. The monoisotopic (exact) mass is 376 g/mol. The van der Waals surface area contributed by atoms with Crippen LogP contribution < -0.4 is 0 Å². The van der Waals surface area contributed by atoms with Gasteiger partial charge >= 0.3 is 0 Å². The third kappa shape index (κ3) is 3.64. The normalized spacial score (nSPS) is 25.0. The average Bonchev–Trinajstić information content (AvgIpc) is 3.27. The number of likely N-dealkylation sites (tertiary alicyclic amines) is 2. The molecular formula is C18H24N4OS2. The van der Waals surface area contributed by atoms with Crippen molar-refractivity contribution in [3.8, 4) is 0 Å². The molecule has 2 aliphatic rings. The summed E-state index contributed by atoms with van der Waals surface area (Å²) in [5, 5.41) is 6.40. The summed E-state index contributed by atoms with van der Waals surface area (Å²) in [5.74, 6) is 0.305. The standard InChI is InChI=1S/C18H24N4OS2/c1-14-20-15(13-25-14)11-22-17(23)3-5-18(22)4-2-8-21(9-6-18)12-16-19-7-10-24-16/h7,10,13H,2-6,8-9,11-12H2,1H3. The molecule has 0 aliphatic carbocycles. The zero-order chi connectivity index (χ0) is 17.3. The van der Waals surface area contributed by atoms with E-state index in [0.29, 0.717) is 18.9 Å². The van der Waals surface area contributed by atoms with Crippen molar-refractivity contribution in [3.05, 3.63) is 32.7 Å². The zero-order valence-corrected chi connectivity index (χ0v) is 16.2. The molecule has 134 valence electrons. The van der Waals surface area contributed by atoms with Crippen LogP contribution in [0.15, 0.2) is 17.0 Å². The molecule has 1 amide bonds. The van der Waals surface area contributed by atoms with E-state index in [1.54, 1.807) is 22.7 Å². The van der Waals surface area contributed by atoms with E-state index in [-0.39, 0.29) is 5.54 Å². The van der Waals surface area contributed by atoms with Crippen LogP contribution in [0.3, 0.4) is 0 Å². The van der Waals surface area contributed by atoms with Crippen LogP contribution in [0, 0.1) is 6.92 Å². The number of amides is 1. The topological polar surface area (TPSA) is 49.3 Å². The van der Waals surface area contributed by atoms with Gasteiger partial charge in [-0.2, -0.15) is 0 Å². The smallest absolute Gasteiger partial charge is 0.223 e. The molecule has 0 bridgehead atoms. The number of aromatic nitrogens is 2. The highest BCUT2D eigenvalue weighted by Gasteiger charge is 2.45. The Labute approximate surface area is 156 Å². The Morgan fingerprint density at radius 2 is 2.12 bits per heavy atom. The fraction of sp³-hybridized carbons (Fsp3) is 0.611. The number of thiazole rings is 2. The maximum atomic E-state index is 12.6. The predicted octanol–water partition coefficient (Wildman–Crippen LogP) is 3.46. The van der Waals surface area contributed by atoms with Gasteiger partial charge in [-0.1, -0.05) is 0 Å². The minimum atomic E-state index is 0.0340. The molecule has 5 nitrogen and oxygen atoms in total. The van der Waals surface area contributed by atoms with Crippen LogP contribution in [0.1, 0.15) is 47.8 Å². The van der Waals surface area contributed by atoms with Crippen LogP contribution in [0.2, 0.25) is 0 Å². The van der Waals surface area contributed by atoms with Gasteiger partial charge in [0.25, 0.3) is 0 Å². The molecule has 4 rings (SSSR count). The van der Waals surface area contributed by atoms with Gasteiger partial charge in [-0.3, -0.25) is 9.69 Å². The van der Waals surface area contributed by atoms with Gasteiger partial charge in [0.2, 0.25) is 5.91 Å². The highest BCUT2D eigenvalue weighted by Crippen LogP contribution is 2.40. The SMILES string of the molecule is Cc1nc(CN2C(=O)CCC23CCCN(Cc2nccs2)CC3)cs1. The van der Waals surface area contributed by atoms with Crippen LogP contribution in [-0.4, -0.2) is 44.3 Å². The summed E-state index contributed by atoms with van der Waals surface area (Å²) in [6.45, 7) is 5.78. The van der Waals surface area contributed by atoms with Gasteiger partial charge in [0.15, 0.2) is 0 Å². The Bertz CT molecular complexity index is 729. The van der Waals surface area contributed by atoms with Gasteiger partial charge < -0.3 is 4.90 Å². The van der Waals surface area contributed by atoms with Crippen LogP contribution in [0.4, 0.5) is 0 Å². The van der Waals surface area contributed by atoms with Gasteiger partial charge in [0.1, 0.15) is 5.01 Å². The van der Waals surface area contributed by atoms with Gasteiger partial charge in [0.05, 0.1) is 23.8 Å². The Balaban J connectivity index is 1.46. The Morgan fingerprint density at radius 1 is 1.20 bits per heavy atom. The highest BCUT2D eigenvalue weighted by atomic mass is 32.1. The molecule has 7 heteroatoms. The Morgan fingerprint density at radius 3 is 2.88 bits per heavy atom. The molecule has 2 aromatic heterocycles. The molecule has 2 aromatic rings. The summed E-state index contributed by atoms with van der Waals surface area (Å²) >= 11 is 3.40. The van der Waals surface area contributed by atoms with E-state index >= 15 is 0 Å². The fourth-order valence-electron chi connectivity index (χ4n) is 4.21. The number of rotatable bonds is 4. The lowest BCUT2D eigenvalue weighted by Gasteiger charge is -2.38. The summed E-state index contributed by atoms with van der Waals surface area (Å²) in [5.41, 5.74) is 1.08. The molecule has 0 radical (unpaired) electrons. The second-order valence-corrected chi connectivity index (χ2v) is 9.16. The largest absolute Gasteiger partial charge is 0.331 e. The van der Waals surface area contributed by atoms with Crippen molar-refractivity contribution in [3.63, 3.8) is 0 Å². The molecule has 0 aromatic carbocycles. The Kier molecular flexibility index (Phi) is 4.88. The van der Waals surface area contributed by atoms with Crippen LogP contribution in [0.5, 0.6) is 0 Å². The van der Waals surface area contributed by atoms with Crippen LogP contribution in [0.25, 0.3) is 0 Å². The van der Waals surface area contributed by atoms with E-state index < -0.39 is 0 Å². The van der Waals surface area contributed by atoms with Crippen molar-refractivity contribution in [1.29, 1.82) is 0 Å². The van der Waals surface area contributed by atoms with Gasteiger partial charge in [-0.15, -0.1) is 22.7 Å². The molecule has 0 saturated carbocycles. The van der Waals surface area contributed by atoms with Gasteiger partial charge in [-0.25, -0.2) is 9.97 Å². The number of carbonyl (C=O) groups excluding carboxylic acids is 1. The van der Waals surface area contributed by atoms with Gasteiger partial charge in [-0.05, 0) is 39.2 Å². The van der Waals surface area contributed by atoms with Crippen molar-refractivity contribution in [2.45, 2.75) is 57.7 Å². The van der Waals surface area contributed by atoms with Crippen LogP contribution >= 0.6 is 22.7 Å². The first-order chi connectivity index (χ1) is 12.1. The van der Waals surface area contributed by atoms with E-state index in [1.807, 2.05) is 18.5 Å². The zero-order valence-electron chi connectivity index (χ0n) is 14.6. The van der Waals surface area contributed by atoms with E-state index in [9.17, 15) is 4.79 Å². The molecule has 4 heterocycles. The molecule has 2 fully saturated rings. The predicted molar refractivity (Wildman–Crippen MR) is 101 cm³/mol. The molecule has 2 saturated heterocycles. The second-order valence-electron chi connectivity index (χ2n) is 7.12. The fourth-order valence-corrected chi connectivity index (χ4v) is 5.47. The van der Waals surface area contributed by atoms with E-state index in [4.69, 9.17) is 0 Å². The summed E-state index contributed by atoms with van der Waals surface area (Å²) in [4.78, 5) is 26.2. The number of nitrogens with zero attached hydrogens (tertiary/aromatic N) is 4. The third-order valence-electron chi connectivity index (χ3n) is 5.52. The Hall–Kier alpha value is -1.31. The first-order valence-corrected chi connectivity index (χ1v) is 10.7. The number of hydrogen-bond donors (Lipinski definition) is 0. The lowest BCUT2D eigenvalue weighted by atomic mass is 9.87. The molecular weight excluding hydrogens is 352 g/mol. The molecule has 1 atom stereocenters. The number of carbonyl (C=O) groups is 1. The third-order valence-corrected chi connectivity index (χ3v) is 7.10. The first-order valence-electron chi connectivity index (χ1n) is 8.97. The molecule has 2 aliphatic heterocycles. The summed E-state index contributed by atoms with van der Waals surface area (Å²) in [7, 11) is 0. The van der Waals surface area contributed by atoms with Crippen molar-refractivity contribution < 1.29 is 4.79 Å². The van der Waals surface area contributed by atoms with E-state index in [0.717, 1.165) is 56.0 Å². The van der Waals surface area contributed by atoms with E-state index in [1.165, 1.54) is 5.01 Å². The van der Waals surface area contributed by atoms with Crippen molar-refractivity contribution in [1.82, 2.24) is 19.8 Å². The maximum absolute atomic E-state index is 12.6. The lowest BCUT2D eigenvalue weighted by molar-refractivity contribution is -0.132. The quantitative estimate of drug-likeness (QED) is 0.820. The first kappa shape index (κ1) is 17.1. The minimum Gasteiger partial charge on any atom is -0.331 e. The lowest BCUT2D eigenvalue weighted by Crippen LogP contribution is -2.46. The van der Waals surface area contributed by atoms with Crippen molar-refractivity contribution in [2.75, 3.05) is 13.1 Å². The summed E-state index contributed by atoms with van der Waals surface area (Å²) < 4.78 is 0. The van der Waals surface area contributed by atoms with Crippen molar-refractivity contribution >= 4 is 28.6 Å². The minimum absolute atomic E-state index is 0.0340. The molecule has 25 heavy (non-hydrogen) atoms. The van der Waals surface area contributed by atoms with Crippen LogP contribution in [-0.2, 0) is 17.9 Å². The summed E-state index contributed by atoms with van der Waals surface area (Å²) in [6, 6.07) is 0. The maximum Gasteiger partial charge on any atom is 0.223 e. The number of aryl methyl sites for hydroxylation is 1. The second kappa shape index (κ2) is 7.13.